The second-order valence-corrected chi connectivity index (χ2v) is 8.23. The first-order chi connectivity index (χ1) is 9.45. The molecule has 0 radical (unpaired) electrons. The number of nitrogens with one attached hydrogen (secondary N) is 1. The van der Waals surface area contributed by atoms with E-state index in [0.717, 1.165) is 23.9 Å². The first kappa shape index (κ1) is 16.3. The van der Waals surface area contributed by atoms with E-state index in [2.05, 4.69) is 45.0 Å². The van der Waals surface area contributed by atoms with Gasteiger partial charge in [-0.05, 0) is 69.4 Å². The zero-order chi connectivity index (χ0) is 14.8. The molecule has 2 fully saturated rings. The van der Waals surface area contributed by atoms with Crippen LogP contribution in [-0.4, -0.2) is 37.1 Å². The third-order valence-corrected chi connectivity index (χ3v) is 6.02. The van der Waals surface area contributed by atoms with Crippen molar-refractivity contribution < 1.29 is 0 Å². The molecule has 1 N–H and O–H groups in total. The third kappa shape index (κ3) is 3.76. The van der Waals surface area contributed by atoms with Crippen molar-refractivity contribution >= 4 is 0 Å². The van der Waals surface area contributed by atoms with Gasteiger partial charge in [-0.3, -0.25) is 0 Å². The smallest absolute Gasteiger partial charge is 0.0105 e. The summed E-state index contributed by atoms with van der Waals surface area (Å²) in [5.41, 5.74) is 0.478. The highest BCUT2D eigenvalue weighted by Crippen LogP contribution is 2.41. The fraction of sp³-hybridized carbons (Fsp3) is 1.00. The van der Waals surface area contributed by atoms with E-state index in [-0.39, 0.29) is 0 Å². The van der Waals surface area contributed by atoms with Crippen LogP contribution < -0.4 is 5.32 Å². The minimum Gasteiger partial charge on any atom is -0.317 e. The van der Waals surface area contributed by atoms with Crippen LogP contribution in [0.15, 0.2) is 0 Å². The van der Waals surface area contributed by atoms with Crippen LogP contribution in [0, 0.1) is 17.3 Å². The molecule has 2 rings (SSSR count). The van der Waals surface area contributed by atoms with Crippen molar-refractivity contribution in [3.05, 3.63) is 0 Å². The highest BCUT2D eigenvalue weighted by Gasteiger charge is 2.37. The molecule has 1 aliphatic heterocycles. The highest BCUT2D eigenvalue weighted by atomic mass is 15.2. The lowest BCUT2D eigenvalue weighted by Gasteiger charge is -2.43. The third-order valence-electron chi connectivity index (χ3n) is 6.02. The molecule has 118 valence electrons. The predicted octanol–water partition coefficient (Wildman–Crippen LogP) is 3.91. The molecular formula is C18H36N2. The normalized spacial score (nSPS) is 36.5. The van der Waals surface area contributed by atoms with Gasteiger partial charge in [0.25, 0.3) is 0 Å². The molecule has 0 spiro atoms. The Morgan fingerprint density at radius 2 is 1.90 bits per heavy atom. The summed E-state index contributed by atoms with van der Waals surface area (Å²) < 4.78 is 0. The second-order valence-electron chi connectivity index (χ2n) is 8.23. The molecule has 1 saturated carbocycles. The molecule has 2 heteroatoms. The molecule has 4 atom stereocenters. The molecular weight excluding hydrogens is 244 g/mol. The highest BCUT2D eigenvalue weighted by molar-refractivity contribution is 4.91. The van der Waals surface area contributed by atoms with Gasteiger partial charge >= 0.3 is 0 Å². The zero-order valence-corrected chi connectivity index (χ0v) is 14.4. The topological polar surface area (TPSA) is 15.3 Å². The number of hydrogen-bond donors (Lipinski definition) is 1. The SMILES string of the molecule is CCC1CCCN1CC1CC(C(C)(C)C)CCC1NC. The van der Waals surface area contributed by atoms with Crippen molar-refractivity contribution in [2.45, 2.75) is 78.3 Å². The van der Waals surface area contributed by atoms with E-state index in [0.29, 0.717) is 5.41 Å². The van der Waals surface area contributed by atoms with Gasteiger partial charge in [0.05, 0.1) is 0 Å². The summed E-state index contributed by atoms with van der Waals surface area (Å²) in [7, 11) is 2.16. The van der Waals surface area contributed by atoms with Crippen LogP contribution in [0.25, 0.3) is 0 Å². The van der Waals surface area contributed by atoms with E-state index in [1.165, 1.54) is 51.6 Å². The fourth-order valence-electron chi connectivity index (χ4n) is 4.53. The van der Waals surface area contributed by atoms with Gasteiger partial charge in [-0.2, -0.15) is 0 Å². The molecule has 2 nitrogen and oxygen atoms in total. The average Bonchev–Trinajstić information content (AvgIpc) is 2.85. The van der Waals surface area contributed by atoms with E-state index in [1.807, 2.05) is 0 Å². The molecule has 1 heterocycles. The number of hydrogen-bond acceptors (Lipinski definition) is 2. The maximum absolute atomic E-state index is 3.61. The molecule has 0 bridgehead atoms. The Balaban J connectivity index is 1.98. The Bertz CT molecular complexity index is 294. The van der Waals surface area contributed by atoms with Crippen molar-refractivity contribution in [3.63, 3.8) is 0 Å². The van der Waals surface area contributed by atoms with Crippen LogP contribution >= 0.6 is 0 Å². The first-order valence-corrected chi connectivity index (χ1v) is 8.87. The molecule has 4 unspecified atom stereocenters. The Morgan fingerprint density at radius 3 is 2.50 bits per heavy atom. The second kappa shape index (κ2) is 6.79. The molecule has 0 amide bonds. The van der Waals surface area contributed by atoms with Crippen molar-refractivity contribution in [1.82, 2.24) is 10.2 Å². The minimum atomic E-state index is 0.478. The standard InChI is InChI=1S/C18H36N2/c1-6-16-8-7-11-20(16)13-14-12-15(18(2,3)4)9-10-17(14)19-5/h14-17,19H,6-13H2,1-5H3. The quantitative estimate of drug-likeness (QED) is 0.840. The van der Waals surface area contributed by atoms with Crippen molar-refractivity contribution in [3.8, 4) is 0 Å². The van der Waals surface area contributed by atoms with Crippen molar-refractivity contribution in [2.24, 2.45) is 17.3 Å². The Kier molecular flexibility index (Phi) is 5.53. The minimum absolute atomic E-state index is 0.478. The van der Waals surface area contributed by atoms with Gasteiger partial charge in [0.1, 0.15) is 0 Å². The first-order valence-electron chi connectivity index (χ1n) is 8.87. The summed E-state index contributed by atoms with van der Waals surface area (Å²) in [6, 6.07) is 1.61. The predicted molar refractivity (Wildman–Crippen MR) is 88.0 cm³/mol. The summed E-state index contributed by atoms with van der Waals surface area (Å²) >= 11 is 0. The summed E-state index contributed by atoms with van der Waals surface area (Å²) in [4.78, 5) is 2.79. The van der Waals surface area contributed by atoms with Gasteiger partial charge in [0.2, 0.25) is 0 Å². The van der Waals surface area contributed by atoms with Crippen LogP contribution in [0.5, 0.6) is 0 Å². The van der Waals surface area contributed by atoms with Gasteiger partial charge in [-0.25, -0.2) is 0 Å². The molecule has 0 aromatic carbocycles. The molecule has 20 heavy (non-hydrogen) atoms. The van der Waals surface area contributed by atoms with Crippen LogP contribution in [0.4, 0.5) is 0 Å². The van der Waals surface area contributed by atoms with Gasteiger partial charge in [0, 0.05) is 18.6 Å². The van der Waals surface area contributed by atoms with Crippen molar-refractivity contribution in [1.29, 1.82) is 0 Å². The maximum atomic E-state index is 3.61. The zero-order valence-electron chi connectivity index (χ0n) is 14.4. The fourth-order valence-corrected chi connectivity index (χ4v) is 4.53. The van der Waals surface area contributed by atoms with Gasteiger partial charge in [-0.15, -0.1) is 0 Å². The average molecular weight is 280 g/mol. The van der Waals surface area contributed by atoms with Crippen LogP contribution in [0.2, 0.25) is 0 Å². The maximum Gasteiger partial charge on any atom is 0.0105 e. The monoisotopic (exact) mass is 280 g/mol. The van der Waals surface area contributed by atoms with E-state index in [4.69, 9.17) is 0 Å². The molecule has 1 saturated heterocycles. The number of nitrogens with zero attached hydrogens (tertiary/aromatic N) is 1. The molecule has 0 aromatic rings. The van der Waals surface area contributed by atoms with E-state index in [9.17, 15) is 0 Å². The van der Waals surface area contributed by atoms with Gasteiger partial charge in [-0.1, -0.05) is 27.7 Å². The summed E-state index contributed by atoms with van der Waals surface area (Å²) in [6.07, 6.45) is 8.37. The molecule has 0 aromatic heterocycles. The number of rotatable bonds is 4. The Morgan fingerprint density at radius 1 is 1.15 bits per heavy atom. The van der Waals surface area contributed by atoms with E-state index >= 15 is 0 Å². The largest absolute Gasteiger partial charge is 0.317 e. The summed E-state index contributed by atoms with van der Waals surface area (Å²) in [6.45, 7) is 12.3. The molecule has 1 aliphatic carbocycles. The summed E-state index contributed by atoms with van der Waals surface area (Å²) in [5.74, 6) is 1.75. The van der Waals surface area contributed by atoms with Crippen LogP contribution in [0.1, 0.15) is 66.2 Å². The van der Waals surface area contributed by atoms with Crippen LogP contribution in [-0.2, 0) is 0 Å². The lowest BCUT2D eigenvalue weighted by atomic mass is 9.67. The number of likely N-dealkylation sites (tertiary alicyclic amines) is 1. The molecule has 2 aliphatic rings. The lowest BCUT2D eigenvalue weighted by Crippen LogP contribution is -2.47. The van der Waals surface area contributed by atoms with E-state index in [1.54, 1.807) is 0 Å². The summed E-state index contributed by atoms with van der Waals surface area (Å²) in [5, 5.41) is 3.61. The Hall–Kier alpha value is -0.0800. The van der Waals surface area contributed by atoms with Gasteiger partial charge < -0.3 is 10.2 Å². The van der Waals surface area contributed by atoms with E-state index < -0.39 is 0 Å². The lowest BCUT2D eigenvalue weighted by molar-refractivity contribution is 0.0855. The van der Waals surface area contributed by atoms with Crippen molar-refractivity contribution in [2.75, 3.05) is 20.1 Å². The van der Waals surface area contributed by atoms with Gasteiger partial charge in [0.15, 0.2) is 0 Å². The van der Waals surface area contributed by atoms with Crippen LogP contribution in [0.3, 0.4) is 0 Å². The Labute approximate surface area is 126 Å².